The van der Waals surface area contributed by atoms with Crippen LogP contribution in [0.3, 0.4) is 0 Å². The molecule has 0 bridgehead atoms. The lowest BCUT2D eigenvalue weighted by atomic mass is 10.0. The van der Waals surface area contributed by atoms with Crippen molar-refractivity contribution in [2.24, 2.45) is 0 Å². The van der Waals surface area contributed by atoms with Crippen molar-refractivity contribution >= 4 is 44.9 Å². The highest BCUT2D eigenvalue weighted by molar-refractivity contribution is 7.19. The highest BCUT2D eigenvalue weighted by Gasteiger charge is 2.16. The molecular formula is C24H23ClN4OS. The lowest BCUT2D eigenvalue weighted by molar-refractivity contribution is -0.121. The number of thiophene rings is 1. The summed E-state index contributed by atoms with van der Waals surface area (Å²) < 4.78 is 0. The number of hydrogen-bond acceptors (Lipinski definition) is 5. The number of carbonyl (C=O) groups excluding carboxylic acids is 1. The molecule has 4 rings (SSSR count). The van der Waals surface area contributed by atoms with E-state index in [0.29, 0.717) is 31.0 Å². The second-order valence-electron chi connectivity index (χ2n) is 7.20. The van der Waals surface area contributed by atoms with Crippen molar-refractivity contribution < 1.29 is 4.79 Å². The topological polar surface area (TPSA) is 66.9 Å². The van der Waals surface area contributed by atoms with Gasteiger partial charge in [-0.3, -0.25) is 4.79 Å². The second kappa shape index (κ2) is 9.90. The van der Waals surface area contributed by atoms with E-state index in [4.69, 9.17) is 11.6 Å². The lowest BCUT2D eigenvalue weighted by Crippen LogP contribution is -2.23. The molecule has 31 heavy (non-hydrogen) atoms. The third-order valence-electron chi connectivity index (χ3n) is 5.03. The molecule has 2 aromatic carbocycles. The van der Waals surface area contributed by atoms with Crippen LogP contribution in [0.5, 0.6) is 0 Å². The lowest BCUT2D eigenvalue weighted by Gasteiger charge is -2.10. The van der Waals surface area contributed by atoms with Crippen LogP contribution >= 0.6 is 22.9 Å². The van der Waals surface area contributed by atoms with Crippen LogP contribution in [0.2, 0.25) is 5.02 Å². The molecule has 0 saturated heterocycles. The van der Waals surface area contributed by atoms with E-state index in [0.717, 1.165) is 27.2 Å². The minimum absolute atomic E-state index is 0.00547. The van der Waals surface area contributed by atoms with Gasteiger partial charge in [0.2, 0.25) is 5.91 Å². The predicted molar refractivity (Wildman–Crippen MR) is 129 cm³/mol. The zero-order valence-corrected chi connectivity index (χ0v) is 18.8. The summed E-state index contributed by atoms with van der Waals surface area (Å²) in [6.45, 7) is 3.20. The number of halogens is 1. The van der Waals surface area contributed by atoms with Gasteiger partial charge in [-0.25, -0.2) is 9.97 Å². The molecule has 2 aromatic heterocycles. The summed E-state index contributed by atoms with van der Waals surface area (Å²) >= 11 is 7.81. The molecule has 5 nitrogen and oxygen atoms in total. The first-order valence-corrected chi connectivity index (χ1v) is 11.4. The van der Waals surface area contributed by atoms with Crippen LogP contribution in [0.1, 0.15) is 23.3 Å². The van der Waals surface area contributed by atoms with Gasteiger partial charge in [-0.1, -0.05) is 60.1 Å². The van der Waals surface area contributed by atoms with Gasteiger partial charge < -0.3 is 10.6 Å². The minimum Gasteiger partial charge on any atom is -0.369 e. The van der Waals surface area contributed by atoms with E-state index in [1.54, 1.807) is 17.7 Å². The normalized spacial score (nSPS) is 10.9. The molecule has 0 atom stereocenters. The fourth-order valence-electron chi connectivity index (χ4n) is 3.51. The molecule has 0 fully saturated rings. The van der Waals surface area contributed by atoms with Crippen LogP contribution in [-0.4, -0.2) is 22.4 Å². The third kappa shape index (κ3) is 5.03. The smallest absolute Gasteiger partial charge is 0.220 e. The van der Waals surface area contributed by atoms with Crippen molar-refractivity contribution in [3.05, 3.63) is 76.4 Å². The van der Waals surface area contributed by atoms with Crippen molar-refractivity contribution in [2.75, 3.05) is 11.9 Å². The van der Waals surface area contributed by atoms with Crippen LogP contribution in [0, 0.1) is 6.92 Å². The molecule has 0 aliphatic heterocycles. The molecule has 2 heterocycles. The second-order valence-corrected chi connectivity index (χ2v) is 8.81. The largest absolute Gasteiger partial charge is 0.369 e. The van der Waals surface area contributed by atoms with E-state index < -0.39 is 0 Å². The van der Waals surface area contributed by atoms with Gasteiger partial charge in [0.05, 0.1) is 5.39 Å². The Morgan fingerprint density at radius 1 is 1.06 bits per heavy atom. The zero-order chi connectivity index (χ0) is 21.6. The maximum Gasteiger partial charge on any atom is 0.220 e. The van der Waals surface area contributed by atoms with Gasteiger partial charge in [0.15, 0.2) is 0 Å². The van der Waals surface area contributed by atoms with Gasteiger partial charge in [0.1, 0.15) is 17.0 Å². The summed E-state index contributed by atoms with van der Waals surface area (Å²) in [4.78, 5) is 23.3. The Morgan fingerprint density at radius 3 is 2.65 bits per heavy atom. The number of hydrogen-bond donors (Lipinski definition) is 2. The maximum atomic E-state index is 12.2. The minimum atomic E-state index is 0.00547. The number of anilines is 1. The molecule has 0 spiro atoms. The van der Waals surface area contributed by atoms with Gasteiger partial charge in [-0.05, 0) is 30.5 Å². The van der Waals surface area contributed by atoms with Gasteiger partial charge in [0.25, 0.3) is 0 Å². The van der Waals surface area contributed by atoms with E-state index in [-0.39, 0.29) is 5.91 Å². The van der Waals surface area contributed by atoms with Crippen LogP contribution in [0.4, 0.5) is 5.82 Å². The number of nitrogens with zero attached hydrogens (tertiary/aromatic N) is 2. The Balaban J connectivity index is 1.37. The van der Waals surface area contributed by atoms with Crippen LogP contribution in [0.25, 0.3) is 21.3 Å². The van der Waals surface area contributed by atoms with Crippen LogP contribution in [0.15, 0.2) is 60.9 Å². The molecule has 7 heteroatoms. The molecule has 0 radical (unpaired) electrons. The van der Waals surface area contributed by atoms with Crippen LogP contribution < -0.4 is 10.6 Å². The van der Waals surface area contributed by atoms with E-state index in [1.807, 2.05) is 42.5 Å². The first-order chi connectivity index (χ1) is 15.1. The first-order valence-electron chi connectivity index (χ1n) is 10.2. The van der Waals surface area contributed by atoms with Crippen molar-refractivity contribution in [3.63, 3.8) is 0 Å². The van der Waals surface area contributed by atoms with Crippen molar-refractivity contribution in [3.8, 4) is 11.1 Å². The molecule has 0 aliphatic carbocycles. The van der Waals surface area contributed by atoms with E-state index in [2.05, 4.69) is 39.7 Å². The predicted octanol–water partition coefficient (Wildman–Crippen LogP) is 5.83. The Labute approximate surface area is 190 Å². The Hall–Kier alpha value is -2.96. The van der Waals surface area contributed by atoms with E-state index >= 15 is 0 Å². The number of carbonyl (C=O) groups is 1. The van der Waals surface area contributed by atoms with E-state index in [9.17, 15) is 4.79 Å². The van der Waals surface area contributed by atoms with Crippen molar-refractivity contribution in [1.82, 2.24) is 15.3 Å². The highest BCUT2D eigenvalue weighted by atomic mass is 35.5. The molecule has 1 amide bonds. The fraction of sp³-hybridized carbons (Fsp3) is 0.208. The number of nitrogens with one attached hydrogen (secondary N) is 2. The standard InChI is InChI=1S/C24H23ClN4OS/c1-16-21(17-8-3-2-4-9-17)22-23(28-15-29-24(22)31-16)26-13-7-12-20(30)27-14-18-10-5-6-11-19(18)25/h2-6,8-11,15H,7,12-14H2,1H3,(H,27,30)(H,26,28,29). The average molecular weight is 451 g/mol. The molecule has 2 N–H and O–H groups in total. The number of fused-ring (bicyclic) bond motifs is 1. The summed E-state index contributed by atoms with van der Waals surface area (Å²) in [6.07, 6.45) is 2.72. The maximum absolute atomic E-state index is 12.2. The van der Waals surface area contributed by atoms with Gasteiger partial charge in [-0.2, -0.15) is 0 Å². The summed E-state index contributed by atoms with van der Waals surface area (Å²) in [5.74, 6) is 0.815. The van der Waals surface area contributed by atoms with Gasteiger partial charge in [0, 0.05) is 35.0 Å². The monoisotopic (exact) mass is 450 g/mol. The summed E-state index contributed by atoms with van der Waals surface area (Å²) in [7, 11) is 0. The molecule has 0 saturated carbocycles. The van der Waals surface area contributed by atoms with Crippen molar-refractivity contribution in [2.45, 2.75) is 26.3 Å². The SMILES string of the molecule is Cc1sc2ncnc(NCCCC(=O)NCc3ccccc3Cl)c2c1-c1ccccc1. The number of aromatic nitrogens is 2. The van der Waals surface area contributed by atoms with Crippen molar-refractivity contribution in [1.29, 1.82) is 0 Å². The fourth-order valence-corrected chi connectivity index (χ4v) is 4.73. The molecular weight excluding hydrogens is 428 g/mol. The van der Waals surface area contributed by atoms with E-state index in [1.165, 1.54) is 10.4 Å². The first kappa shape index (κ1) is 21.3. The highest BCUT2D eigenvalue weighted by Crippen LogP contribution is 2.40. The summed E-state index contributed by atoms with van der Waals surface area (Å²) in [5, 5.41) is 8.04. The number of amides is 1. The zero-order valence-electron chi connectivity index (χ0n) is 17.2. The average Bonchev–Trinajstić information content (AvgIpc) is 3.13. The molecule has 0 unspecified atom stereocenters. The quantitative estimate of drug-likeness (QED) is 0.331. The van der Waals surface area contributed by atoms with Gasteiger partial charge in [-0.15, -0.1) is 11.3 Å². The summed E-state index contributed by atoms with van der Waals surface area (Å²) in [6, 6.07) is 17.8. The van der Waals surface area contributed by atoms with Gasteiger partial charge >= 0.3 is 0 Å². The number of benzene rings is 2. The molecule has 4 aromatic rings. The summed E-state index contributed by atoms with van der Waals surface area (Å²) in [5.41, 5.74) is 3.24. The molecule has 158 valence electrons. The Bertz CT molecular complexity index is 1190. The Kier molecular flexibility index (Phi) is 6.79. The molecule has 0 aliphatic rings. The Morgan fingerprint density at radius 2 is 1.84 bits per heavy atom. The number of rotatable bonds is 8. The van der Waals surface area contributed by atoms with Crippen LogP contribution in [-0.2, 0) is 11.3 Å². The number of aryl methyl sites for hydroxylation is 1. The third-order valence-corrected chi connectivity index (χ3v) is 6.42.